The Morgan fingerprint density at radius 2 is 1.69 bits per heavy atom. The number of rotatable bonds is 6. The maximum Gasteiger partial charge on any atom is 0.316 e. The number of methoxy groups -OCH3 is 1. The molecule has 1 fully saturated rings. The van der Waals surface area contributed by atoms with Gasteiger partial charge >= 0.3 is 5.97 Å². The molecule has 0 unspecified atom stereocenters. The van der Waals surface area contributed by atoms with Gasteiger partial charge in [0.15, 0.2) is 0 Å². The van der Waals surface area contributed by atoms with E-state index in [2.05, 4.69) is 5.16 Å². The normalized spacial score (nSPS) is 40.7. The summed E-state index contributed by atoms with van der Waals surface area (Å²) in [5.74, 6) is -3.49. The molecular formula is C27H50N2O7. The van der Waals surface area contributed by atoms with E-state index in [0.717, 1.165) is 0 Å². The lowest BCUT2D eigenvalue weighted by molar-refractivity contribution is -0.187. The number of carbonyl (C=O) groups is 2. The van der Waals surface area contributed by atoms with Crippen LogP contribution in [0.15, 0.2) is 5.16 Å². The van der Waals surface area contributed by atoms with E-state index in [4.69, 9.17) is 14.3 Å². The van der Waals surface area contributed by atoms with E-state index in [1.54, 1.807) is 21.0 Å². The number of hydrogen-bond acceptors (Lipinski definition) is 9. The molecule has 9 nitrogen and oxygen atoms in total. The summed E-state index contributed by atoms with van der Waals surface area (Å²) in [5.41, 5.74) is -1.95. The van der Waals surface area contributed by atoms with Crippen molar-refractivity contribution < 1.29 is 34.1 Å². The Hall–Kier alpha value is -1.55. The smallest absolute Gasteiger partial charge is 0.316 e. The Balaban J connectivity index is 3.60. The standard InChI is InChI=1S/C27H50N2O7/c1-12-21-27(8,33)24(31)18(4)22(28-35-14-13-29(9)10)16(2)15-26(7,34-11)20(6)17(3)23(30)19(5)25(32)36-21/h16-21,24,31,33H,12-15H2,1-11H3/t16-,17-,18+,19-,20-,21-,24+,26-,27-/m1/s1. The third kappa shape index (κ3) is 7.49. The van der Waals surface area contributed by atoms with Crippen molar-refractivity contribution in [3.05, 3.63) is 0 Å². The molecule has 1 heterocycles. The summed E-state index contributed by atoms with van der Waals surface area (Å²) in [4.78, 5) is 33.8. The molecule has 0 aliphatic carbocycles. The van der Waals surface area contributed by atoms with Crippen molar-refractivity contribution in [3.63, 3.8) is 0 Å². The first kappa shape index (κ1) is 32.5. The Bertz CT molecular complexity index is 769. The lowest BCUT2D eigenvalue weighted by Gasteiger charge is -2.43. The van der Waals surface area contributed by atoms with Gasteiger partial charge in [0.2, 0.25) is 0 Å². The molecule has 0 saturated carbocycles. The van der Waals surface area contributed by atoms with Gasteiger partial charge in [-0.2, -0.15) is 0 Å². The van der Waals surface area contributed by atoms with Crippen molar-refractivity contribution in [2.45, 2.75) is 91.6 Å². The molecule has 0 aromatic heterocycles. The molecule has 9 heteroatoms. The number of hydrogen-bond donors (Lipinski definition) is 2. The molecule has 0 bridgehead atoms. The zero-order valence-electron chi connectivity index (χ0n) is 24.2. The number of aliphatic hydroxyl groups is 2. The molecule has 0 aromatic carbocycles. The third-order valence-electron chi connectivity index (χ3n) is 8.24. The minimum atomic E-state index is -1.79. The van der Waals surface area contributed by atoms with E-state index in [1.807, 2.05) is 46.7 Å². The summed E-state index contributed by atoms with van der Waals surface area (Å²) in [6, 6.07) is 0. The molecule has 2 N–H and O–H groups in total. The first-order chi connectivity index (χ1) is 16.5. The van der Waals surface area contributed by atoms with Gasteiger partial charge in [-0.15, -0.1) is 0 Å². The summed E-state index contributed by atoms with van der Waals surface area (Å²) in [6.07, 6.45) is -1.57. The van der Waals surface area contributed by atoms with E-state index in [0.29, 0.717) is 25.3 Å². The number of ketones is 1. The van der Waals surface area contributed by atoms with Crippen molar-refractivity contribution in [2.24, 2.45) is 34.7 Å². The van der Waals surface area contributed by atoms with Crippen LogP contribution in [-0.4, -0.2) is 90.3 Å². The second-order valence-corrected chi connectivity index (χ2v) is 11.3. The van der Waals surface area contributed by atoms with Gasteiger partial charge in [-0.25, -0.2) is 0 Å². The Morgan fingerprint density at radius 1 is 1.11 bits per heavy atom. The maximum atomic E-state index is 13.3. The number of Topliss-reactive ketones (excluding diaryl/α,β-unsaturated/α-hetero) is 1. The van der Waals surface area contributed by atoms with Crippen molar-refractivity contribution >= 4 is 17.5 Å². The van der Waals surface area contributed by atoms with E-state index in [9.17, 15) is 19.8 Å². The van der Waals surface area contributed by atoms with Crippen LogP contribution < -0.4 is 0 Å². The molecular weight excluding hydrogens is 464 g/mol. The van der Waals surface area contributed by atoms with Gasteiger partial charge in [-0.3, -0.25) is 9.59 Å². The fourth-order valence-electron chi connectivity index (χ4n) is 5.14. The van der Waals surface area contributed by atoms with Gasteiger partial charge in [0, 0.05) is 31.4 Å². The number of nitrogens with zero attached hydrogens (tertiary/aromatic N) is 2. The molecule has 36 heavy (non-hydrogen) atoms. The van der Waals surface area contributed by atoms with Crippen LogP contribution in [0.5, 0.6) is 0 Å². The number of ether oxygens (including phenoxy) is 2. The molecule has 0 aromatic rings. The highest BCUT2D eigenvalue weighted by atomic mass is 16.6. The summed E-state index contributed by atoms with van der Waals surface area (Å²) in [7, 11) is 5.48. The molecule has 1 saturated heterocycles. The minimum Gasteiger partial charge on any atom is -0.459 e. The molecule has 9 atom stereocenters. The Labute approximate surface area is 217 Å². The molecule has 1 rings (SSSR count). The fourth-order valence-corrected chi connectivity index (χ4v) is 5.14. The molecule has 0 amide bonds. The third-order valence-corrected chi connectivity index (χ3v) is 8.24. The zero-order chi connectivity index (χ0) is 28.0. The Morgan fingerprint density at radius 3 is 2.19 bits per heavy atom. The van der Waals surface area contributed by atoms with Gasteiger partial charge < -0.3 is 29.4 Å². The zero-order valence-corrected chi connectivity index (χ0v) is 24.2. The van der Waals surface area contributed by atoms with Gasteiger partial charge in [0.25, 0.3) is 0 Å². The van der Waals surface area contributed by atoms with Crippen molar-refractivity contribution in [1.82, 2.24) is 4.90 Å². The van der Waals surface area contributed by atoms with Crippen LogP contribution in [0, 0.1) is 29.6 Å². The number of cyclic esters (lactones) is 1. The van der Waals surface area contributed by atoms with Crippen LogP contribution in [0.2, 0.25) is 0 Å². The van der Waals surface area contributed by atoms with Gasteiger partial charge in [-0.05, 0) is 53.6 Å². The molecule has 0 spiro atoms. The maximum absolute atomic E-state index is 13.3. The number of esters is 1. The average Bonchev–Trinajstić information content (AvgIpc) is 2.83. The predicted molar refractivity (Wildman–Crippen MR) is 140 cm³/mol. The van der Waals surface area contributed by atoms with E-state index in [-0.39, 0.29) is 24.0 Å². The van der Waals surface area contributed by atoms with Crippen molar-refractivity contribution in [2.75, 3.05) is 34.4 Å². The minimum absolute atomic E-state index is 0.206. The van der Waals surface area contributed by atoms with E-state index >= 15 is 0 Å². The van der Waals surface area contributed by atoms with Crippen LogP contribution in [0.3, 0.4) is 0 Å². The second-order valence-electron chi connectivity index (χ2n) is 11.3. The van der Waals surface area contributed by atoms with Crippen LogP contribution in [0.25, 0.3) is 0 Å². The molecule has 1 aliphatic heterocycles. The summed E-state index contributed by atoms with van der Waals surface area (Å²) >= 11 is 0. The van der Waals surface area contributed by atoms with E-state index in [1.165, 1.54) is 13.8 Å². The number of oxime groups is 1. The summed E-state index contributed by atoms with van der Waals surface area (Å²) < 4.78 is 11.6. The Kier molecular flexibility index (Phi) is 12.0. The van der Waals surface area contributed by atoms with Crippen LogP contribution in [0.1, 0.15) is 68.2 Å². The van der Waals surface area contributed by atoms with E-state index < -0.39 is 47.1 Å². The predicted octanol–water partition coefficient (Wildman–Crippen LogP) is 2.91. The summed E-state index contributed by atoms with van der Waals surface area (Å²) in [6.45, 7) is 15.2. The topological polar surface area (TPSA) is 118 Å². The molecule has 210 valence electrons. The average molecular weight is 515 g/mol. The quantitative estimate of drug-likeness (QED) is 0.240. The SMILES string of the molecule is CC[C@H]1OC(=O)[C@H](C)C(=O)[C@H](C)[C@@H](C)[C@](C)(OC)C[C@@H](C)C(=NOCCN(C)C)[C@H](C)[C@H](O)[C@]1(C)O. The van der Waals surface area contributed by atoms with Crippen LogP contribution in [-0.2, 0) is 23.9 Å². The fraction of sp³-hybridized carbons (Fsp3) is 0.889. The van der Waals surface area contributed by atoms with Crippen LogP contribution in [0.4, 0.5) is 0 Å². The van der Waals surface area contributed by atoms with Gasteiger partial charge in [0.05, 0.1) is 17.4 Å². The van der Waals surface area contributed by atoms with Crippen molar-refractivity contribution in [3.8, 4) is 0 Å². The second kappa shape index (κ2) is 13.3. The summed E-state index contributed by atoms with van der Waals surface area (Å²) in [5, 5.41) is 27.2. The molecule has 1 aliphatic rings. The highest BCUT2D eigenvalue weighted by Crippen LogP contribution is 2.38. The van der Waals surface area contributed by atoms with Gasteiger partial charge in [-0.1, -0.05) is 39.8 Å². The number of carbonyl (C=O) groups excluding carboxylic acids is 2. The lowest BCUT2D eigenvalue weighted by Crippen LogP contribution is -2.56. The highest BCUT2D eigenvalue weighted by molar-refractivity contribution is 5.99. The highest BCUT2D eigenvalue weighted by Gasteiger charge is 2.48. The molecule has 0 radical (unpaired) electrons. The lowest BCUT2D eigenvalue weighted by atomic mass is 9.71. The first-order valence-corrected chi connectivity index (χ1v) is 13.1. The number of aliphatic hydroxyl groups excluding tert-OH is 1. The van der Waals surface area contributed by atoms with Crippen LogP contribution >= 0.6 is 0 Å². The first-order valence-electron chi connectivity index (χ1n) is 13.1. The van der Waals surface area contributed by atoms with Gasteiger partial charge in [0.1, 0.15) is 30.0 Å². The monoisotopic (exact) mass is 514 g/mol. The number of likely N-dealkylation sites (N-methyl/N-ethyl adjacent to an activating group) is 1. The van der Waals surface area contributed by atoms with Crippen molar-refractivity contribution in [1.29, 1.82) is 0 Å². The largest absolute Gasteiger partial charge is 0.459 e.